The van der Waals surface area contributed by atoms with Gasteiger partial charge in [0.2, 0.25) is 0 Å². The number of amidine groups is 1. The molecular formula is C18H21ClFN5O. The van der Waals surface area contributed by atoms with Gasteiger partial charge in [0.05, 0.1) is 22.0 Å². The van der Waals surface area contributed by atoms with Gasteiger partial charge in [-0.1, -0.05) is 18.2 Å². The van der Waals surface area contributed by atoms with E-state index < -0.39 is 11.9 Å². The van der Waals surface area contributed by atoms with E-state index in [0.717, 1.165) is 6.54 Å². The van der Waals surface area contributed by atoms with E-state index >= 15 is 4.39 Å². The molecule has 1 atom stereocenters. The number of hydrogen-bond donors (Lipinski definition) is 0. The van der Waals surface area contributed by atoms with Crippen molar-refractivity contribution >= 4 is 34.7 Å². The quantitative estimate of drug-likeness (QED) is 0.694. The van der Waals surface area contributed by atoms with Crippen LogP contribution < -0.4 is 9.80 Å². The molecule has 1 amide bonds. The normalized spacial score (nSPS) is 22.9. The Morgan fingerprint density at radius 1 is 1.19 bits per heavy atom. The number of piperazine rings is 1. The van der Waals surface area contributed by atoms with Crippen LogP contribution in [0.4, 0.5) is 15.8 Å². The predicted octanol–water partition coefficient (Wildman–Crippen LogP) is 2.05. The second kappa shape index (κ2) is 5.69. The molecule has 1 aromatic carbocycles. The van der Waals surface area contributed by atoms with Crippen LogP contribution in [0.2, 0.25) is 5.02 Å². The number of hydrogen-bond acceptors (Lipinski definition) is 5. The summed E-state index contributed by atoms with van der Waals surface area (Å²) in [6, 6.07) is -0.395. The number of fused-ring (bicyclic) bond motifs is 2. The number of halogens is 2. The number of rotatable bonds is 0. The van der Waals surface area contributed by atoms with E-state index in [1.807, 2.05) is 11.9 Å². The summed E-state index contributed by atoms with van der Waals surface area (Å²) in [4.78, 5) is 25.1. The highest BCUT2D eigenvalue weighted by Crippen LogP contribution is 2.46. The summed E-state index contributed by atoms with van der Waals surface area (Å²) in [6.07, 6.45) is 0. The van der Waals surface area contributed by atoms with Gasteiger partial charge < -0.3 is 19.6 Å². The van der Waals surface area contributed by atoms with E-state index in [1.54, 1.807) is 30.8 Å². The zero-order valence-electron chi connectivity index (χ0n) is 15.3. The molecule has 26 heavy (non-hydrogen) atoms. The third kappa shape index (κ3) is 2.13. The third-order valence-corrected chi connectivity index (χ3v) is 6.00. The summed E-state index contributed by atoms with van der Waals surface area (Å²) in [7, 11) is 5.41. The van der Waals surface area contributed by atoms with Gasteiger partial charge in [-0.15, -0.1) is 0 Å². The molecule has 1 fully saturated rings. The highest BCUT2D eigenvalue weighted by Gasteiger charge is 2.44. The molecule has 8 heteroatoms. The van der Waals surface area contributed by atoms with Crippen LogP contribution in [0, 0.1) is 12.7 Å². The Labute approximate surface area is 157 Å². The topological polar surface area (TPSA) is 42.4 Å². The molecule has 1 aromatic rings. The minimum Gasteiger partial charge on any atom is -0.341 e. The lowest BCUT2D eigenvalue weighted by Crippen LogP contribution is -2.59. The van der Waals surface area contributed by atoms with E-state index in [9.17, 15) is 4.79 Å². The fourth-order valence-electron chi connectivity index (χ4n) is 3.93. The maximum absolute atomic E-state index is 15.2. The second-order valence-electron chi connectivity index (χ2n) is 7.10. The van der Waals surface area contributed by atoms with Gasteiger partial charge in [-0.3, -0.25) is 4.79 Å². The molecule has 0 bridgehead atoms. The molecule has 138 valence electrons. The minimum atomic E-state index is -0.404. The number of benzene rings is 1. The van der Waals surface area contributed by atoms with Crippen molar-refractivity contribution in [2.24, 2.45) is 4.99 Å². The largest absolute Gasteiger partial charge is 0.341 e. The van der Waals surface area contributed by atoms with E-state index in [4.69, 9.17) is 11.6 Å². The number of anilines is 2. The third-order valence-electron chi connectivity index (χ3n) is 5.54. The van der Waals surface area contributed by atoms with Crippen molar-refractivity contribution < 1.29 is 9.18 Å². The molecule has 0 radical (unpaired) electrons. The Bertz CT molecular complexity index is 883. The number of carbonyl (C=O) groups excluding carboxylic acids is 1. The molecule has 0 saturated carbocycles. The van der Waals surface area contributed by atoms with Gasteiger partial charge in [0.15, 0.2) is 5.82 Å². The Morgan fingerprint density at radius 3 is 2.58 bits per heavy atom. The SMILES string of the molecule is C=C1N=C2c3c(c(F)c(C)c(Cl)c3N(C)C(=O)C3CN(C)CCN23)N1C. The Morgan fingerprint density at radius 2 is 1.88 bits per heavy atom. The minimum absolute atomic E-state index is 0.0722. The first kappa shape index (κ1) is 17.3. The first-order valence-corrected chi connectivity index (χ1v) is 8.87. The molecule has 3 aliphatic heterocycles. The van der Waals surface area contributed by atoms with Gasteiger partial charge >= 0.3 is 0 Å². The molecule has 0 spiro atoms. The summed E-state index contributed by atoms with van der Waals surface area (Å²) in [5.74, 6) is 0.540. The zero-order chi connectivity index (χ0) is 18.9. The fraction of sp³-hybridized carbons (Fsp3) is 0.444. The maximum atomic E-state index is 15.2. The molecule has 0 N–H and O–H groups in total. The Balaban J connectivity index is 2.08. The lowest BCUT2D eigenvalue weighted by molar-refractivity contribution is -0.123. The number of carbonyl (C=O) groups is 1. The zero-order valence-corrected chi connectivity index (χ0v) is 16.1. The van der Waals surface area contributed by atoms with Crippen molar-refractivity contribution in [1.82, 2.24) is 9.80 Å². The summed E-state index contributed by atoms with van der Waals surface area (Å²) in [5, 5.41) is 0.249. The summed E-state index contributed by atoms with van der Waals surface area (Å²) in [6.45, 7) is 7.59. The van der Waals surface area contributed by atoms with Gasteiger partial charge in [0, 0.05) is 39.3 Å². The van der Waals surface area contributed by atoms with E-state index in [-0.39, 0.29) is 10.9 Å². The number of likely N-dealkylation sites (N-methyl/N-ethyl adjacent to an activating group) is 2. The molecule has 3 heterocycles. The van der Waals surface area contributed by atoms with Crippen LogP contribution in [0.1, 0.15) is 11.1 Å². The smallest absolute Gasteiger partial charge is 0.250 e. The molecule has 3 aliphatic rings. The van der Waals surface area contributed by atoms with E-state index in [1.165, 1.54) is 0 Å². The van der Waals surface area contributed by atoms with Crippen LogP contribution >= 0.6 is 11.6 Å². The first-order chi connectivity index (χ1) is 12.2. The summed E-state index contributed by atoms with van der Waals surface area (Å²) >= 11 is 6.52. The average Bonchev–Trinajstić information content (AvgIpc) is 2.69. The highest BCUT2D eigenvalue weighted by atomic mass is 35.5. The van der Waals surface area contributed by atoms with Gasteiger partial charge in [0.1, 0.15) is 17.7 Å². The van der Waals surface area contributed by atoms with Crippen molar-refractivity contribution in [3.63, 3.8) is 0 Å². The molecule has 0 aliphatic carbocycles. The van der Waals surface area contributed by atoms with Crippen molar-refractivity contribution in [3.05, 3.63) is 34.4 Å². The standard InChI is InChI=1S/C18H21ClFN5O/c1-9-13(19)15-12-16(14(9)20)23(4)10(2)21-17(12)25-7-6-22(3)8-11(25)18(26)24(15)5/h11H,2,6-8H2,1,3-5H3. The molecule has 4 rings (SSSR count). The van der Waals surface area contributed by atoms with E-state index in [2.05, 4.69) is 16.5 Å². The van der Waals surface area contributed by atoms with Gasteiger partial charge in [-0.25, -0.2) is 9.38 Å². The average molecular weight is 378 g/mol. The highest BCUT2D eigenvalue weighted by molar-refractivity contribution is 6.37. The fourth-order valence-corrected chi connectivity index (χ4v) is 4.24. The molecule has 6 nitrogen and oxygen atoms in total. The predicted molar refractivity (Wildman–Crippen MR) is 102 cm³/mol. The summed E-state index contributed by atoms with van der Waals surface area (Å²) in [5.41, 5.74) is 1.77. The van der Waals surface area contributed by atoms with Crippen molar-refractivity contribution in [1.29, 1.82) is 0 Å². The molecule has 1 saturated heterocycles. The van der Waals surface area contributed by atoms with Gasteiger partial charge in [-0.2, -0.15) is 0 Å². The van der Waals surface area contributed by atoms with Gasteiger partial charge in [-0.05, 0) is 14.0 Å². The maximum Gasteiger partial charge on any atom is 0.250 e. The van der Waals surface area contributed by atoms with Crippen molar-refractivity contribution in [2.45, 2.75) is 13.0 Å². The Hall–Kier alpha value is -2.12. The number of amides is 1. The monoisotopic (exact) mass is 377 g/mol. The van der Waals surface area contributed by atoms with Crippen LogP contribution in [0.3, 0.4) is 0 Å². The van der Waals surface area contributed by atoms with Crippen LogP contribution in [0.25, 0.3) is 0 Å². The first-order valence-electron chi connectivity index (χ1n) is 8.50. The second-order valence-corrected chi connectivity index (χ2v) is 7.48. The molecule has 1 unspecified atom stereocenters. The molecular weight excluding hydrogens is 357 g/mol. The van der Waals surface area contributed by atoms with Crippen molar-refractivity contribution in [2.75, 3.05) is 50.6 Å². The lowest BCUT2D eigenvalue weighted by atomic mass is 10.0. The van der Waals surface area contributed by atoms with Crippen molar-refractivity contribution in [3.8, 4) is 0 Å². The number of nitrogens with zero attached hydrogens (tertiary/aromatic N) is 5. The van der Waals surface area contributed by atoms with Crippen LogP contribution in [0.15, 0.2) is 17.4 Å². The Kier molecular flexibility index (Phi) is 3.79. The lowest BCUT2D eigenvalue weighted by Gasteiger charge is -2.41. The van der Waals surface area contributed by atoms with Crippen LogP contribution in [0.5, 0.6) is 0 Å². The molecule has 0 aromatic heterocycles. The van der Waals surface area contributed by atoms with Crippen LogP contribution in [-0.4, -0.2) is 68.4 Å². The number of aliphatic imine (C=N–C) groups is 1. The van der Waals surface area contributed by atoms with Crippen LogP contribution in [-0.2, 0) is 4.79 Å². The summed E-state index contributed by atoms with van der Waals surface area (Å²) < 4.78 is 15.2. The van der Waals surface area contributed by atoms with Gasteiger partial charge in [0.25, 0.3) is 5.91 Å². The van der Waals surface area contributed by atoms with E-state index in [0.29, 0.717) is 47.2 Å².